The third-order valence-corrected chi connectivity index (χ3v) is 1.82. The summed E-state index contributed by atoms with van der Waals surface area (Å²) in [6, 6.07) is 1.34. The summed E-state index contributed by atoms with van der Waals surface area (Å²) in [5, 5.41) is 11.2. The van der Waals surface area contributed by atoms with Gasteiger partial charge in [0.05, 0.1) is 23.6 Å². The second kappa shape index (κ2) is 5.95. The molecule has 1 rings (SSSR count). The highest BCUT2D eigenvalue weighted by atomic mass is 16.5. The van der Waals surface area contributed by atoms with Crippen LogP contribution in [0.25, 0.3) is 0 Å². The van der Waals surface area contributed by atoms with Gasteiger partial charge in [-0.25, -0.2) is 4.79 Å². The largest absolute Gasteiger partial charge is 0.478 e. The van der Waals surface area contributed by atoms with Gasteiger partial charge in [-0.2, -0.15) is 0 Å². The number of carbonyl (C=O) groups is 2. The van der Waals surface area contributed by atoms with Crippen LogP contribution in [0.1, 0.15) is 24.2 Å². The molecule has 2 N–H and O–H groups in total. The van der Waals surface area contributed by atoms with Crippen molar-refractivity contribution in [1.29, 1.82) is 0 Å². The summed E-state index contributed by atoms with van der Waals surface area (Å²) in [6.07, 6.45) is 2.55. The van der Waals surface area contributed by atoms with E-state index in [4.69, 9.17) is 9.84 Å². The highest BCUT2D eigenvalue weighted by molar-refractivity contribution is 5.94. The van der Waals surface area contributed by atoms with Gasteiger partial charge in [0.2, 0.25) is 5.91 Å². The Kier molecular flexibility index (Phi) is 4.59. The van der Waals surface area contributed by atoms with Crippen molar-refractivity contribution in [3.63, 3.8) is 0 Å². The molecule has 6 nitrogen and oxygen atoms in total. The van der Waals surface area contributed by atoms with Crippen LogP contribution in [-0.2, 0) is 9.53 Å². The quantitative estimate of drug-likeness (QED) is 0.803. The average molecular weight is 238 g/mol. The molecule has 0 unspecified atom stereocenters. The number of aromatic carboxylic acids is 1. The molecule has 17 heavy (non-hydrogen) atoms. The lowest BCUT2D eigenvalue weighted by Crippen LogP contribution is -2.20. The number of nitrogens with zero attached hydrogens (tertiary/aromatic N) is 1. The molecule has 0 aromatic carbocycles. The normalized spacial score (nSPS) is 10.3. The first-order valence-corrected chi connectivity index (χ1v) is 5.09. The van der Waals surface area contributed by atoms with Gasteiger partial charge in [-0.05, 0) is 19.9 Å². The summed E-state index contributed by atoms with van der Waals surface area (Å²) >= 11 is 0. The maximum absolute atomic E-state index is 11.4. The lowest BCUT2D eigenvalue weighted by Gasteiger charge is -2.08. The third-order valence-electron chi connectivity index (χ3n) is 1.82. The molecular formula is C11H14N2O4. The Morgan fingerprint density at radius 2 is 2.18 bits per heavy atom. The van der Waals surface area contributed by atoms with Crippen LogP contribution in [0.3, 0.4) is 0 Å². The van der Waals surface area contributed by atoms with Crippen molar-refractivity contribution >= 4 is 17.6 Å². The first-order valence-electron chi connectivity index (χ1n) is 5.09. The molecule has 0 saturated carbocycles. The van der Waals surface area contributed by atoms with Gasteiger partial charge >= 0.3 is 5.97 Å². The number of hydrogen-bond donors (Lipinski definition) is 2. The second-order valence-electron chi connectivity index (χ2n) is 3.68. The zero-order valence-corrected chi connectivity index (χ0v) is 9.64. The molecule has 0 radical (unpaired) electrons. The van der Waals surface area contributed by atoms with E-state index >= 15 is 0 Å². The fourth-order valence-electron chi connectivity index (χ4n) is 1.06. The van der Waals surface area contributed by atoms with Crippen molar-refractivity contribution in [3.8, 4) is 0 Å². The van der Waals surface area contributed by atoms with Crippen molar-refractivity contribution in [2.75, 3.05) is 11.9 Å². The first-order chi connectivity index (χ1) is 7.99. The zero-order chi connectivity index (χ0) is 12.8. The van der Waals surface area contributed by atoms with Crippen molar-refractivity contribution in [3.05, 3.63) is 24.0 Å². The standard InChI is InChI=1S/C11H14N2O4/c1-7(2)17-6-10(14)13-9-3-8(11(15)16)4-12-5-9/h3-5,7H,6H2,1-2H3,(H,13,14)(H,15,16). The number of amides is 1. The average Bonchev–Trinajstić information content (AvgIpc) is 2.26. The van der Waals surface area contributed by atoms with Crippen molar-refractivity contribution < 1.29 is 19.4 Å². The van der Waals surface area contributed by atoms with Gasteiger partial charge in [-0.1, -0.05) is 0 Å². The molecule has 0 bridgehead atoms. The molecule has 1 amide bonds. The summed E-state index contributed by atoms with van der Waals surface area (Å²) in [7, 11) is 0. The Balaban J connectivity index is 2.59. The maximum atomic E-state index is 11.4. The van der Waals surface area contributed by atoms with Gasteiger partial charge in [-0.15, -0.1) is 0 Å². The molecule has 0 aliphatic carbocycles. The smallest absolute Gasteiger partial charge is 0.337 e. The van der Waals surface area contributed by atoms with Gasteiger partial charge in [0.1, 0.15) is 6.61 Å². The molecule has 0 atom stereocenters. The Bertz CT molecular complexity index is 418. The molecule has 1 aromatic rings. The van der Waals surface area contributed by atoms with Crippen LogP contribution in [0.4, 0.5) is 5.69 Å². The Morgan fingerprint density at radius 3 is 2.76 bits per heavy atom. The van der Waals surface area contributed by atoms with E-state index in [0.717, 1.165) is 0 Å². The topological polar surface area (TPSA) is 88.5 Å². The summed E-state index contributed by atoms with van der Waals surface area (Å²) in [5.74, 6) is -1.44. The number of carbonyl (C=O) groups excluding carboxylic acids is 1. The second-order valence-corrected chi connectivity index (χ2v) is 3.68. The fraction of sp³-hybridized carbons (Fsp3) is 0.364. The summed E-state index contributed by atoms with van der Waals surface area (Å²) in [6.45, 7) is 3.56. The zero-order valence-electron chi connectivity index (χ0n) is 9.64. The number of aromatic nitrogens is 1. The molecule has 92 valence electrons. The van der Waals surface area contributed by atoms with Crippen LogP contribution in [0.5, 0.6) is 0 Å². The van der Waals surface area contributed by atoms with E-state index in [2.05, 4.69) is 10.3 Å². The van der Waals surface area contributed by atoms with E-state index in [9.17, 15) is 9.59 Å². The van der Waals surface area contributed by atoms with E-state index < -0.39 is 5.97 Å². The predicted octanol–water partition coefficient (Wildman–Crippen LogP) is 1.14. The van der Waals surface area contributed by atoms with Crippen molar-refractivity contribution in [1.82, 2.24) is 4.98 Å². The number of hydrogen-bond acceptors (Lipinski definition) is 4. The first kappa shape index (κ1) is 13.1. The molecule has 0 fully saturated rings. The summed E-state index contributed by atoms with van der Waals surface area (Å²) in [5.41, 5.74) is 0.356. The predicted molar refractivity (Wildman–Crippen MR) is 60.9 cm³/mol. The number of nitrogens with one attached hydrogen (secondary N) is 1. The van der Waals surface area contributed by atoms with Crippen molar-refractivity contribution in [2.45, 2.75) is 20.0 Å². The van der Waals surface area contributed by atoms with Gasteiger partial charge in [0.15, 0.2) is 0 Å². The minimum Gasteiger partial charge on any atom is -0.478 e. The van der Waals surface area contributed by atoms with Crippen molar-refractivity contribution in [2.24, 2.45) is 0 Å². The van der Waals surface area contributed by atoms with E-state index in [-0.39, 0.29) is 24.2 Å². The van der Waals surface area contributed by atoms with Crippen LogP contribution < -0.4 is 5.32 Å². The SMILES string of the molecule is CC(C)OCC(=O)Nc1cncc(C(=O)O)c1. The van der Waals surface area contributed by atoms with E-state index in [1.54, 1.807) is 0 Å². The molecule has 1 aromatic heterocycles. The van der Waals surface area contributed by atoms with Gasteiger partial charge in [0, 0.05) is 6.20 Å². The molecule has 0 spiro atoms. The Morgan fingerprint density at radius 1 is 1.47 bits per heavy atom. The van der Waals surface area contributed by atoms with Crippen LogP contribution in [-0.4, -0.2) is 34.7 Å². The number of pyridine rings is 1. The monoisotopic (exact) mass is 238 g/mol. The number of rotatable bonds is 5. The summed E-state index contributed by atoms with van der Waals surface area (Å²) < 4.78 is 5.10. The van der Waals surface area contributed by atoms with Crippen LogP contribution in [0, 0.1) is 0 Å². The van der Waals surface area contributed by atoms with Gasteiger partial charge in [-0.3, -0.25) is 9.78 Å². The Labute approximate surface area is 98.6 Å². The molecule has 1 heterocycles. The third kappa shape index (κ3) is 4.60. The molecule has 6 heteroatoms. The molecule has 0 aliphatic rings. The lowest BCUT2D eigenvalue weighted by molar-refractivity contribution is -0.121. The number of anilines is 1. The van der Waals surface area contributed by atoms with E-state index in [1.165, 1.54) is 18.5 Å². The summed E-state index contributed by atoms with van der Waals surface area (Å²) in [4.78, 5) is 25.8. The molecular weight excluding hydrogens is 224 g/mol. The van der Waals surface area contributed by atoms with Crippen LogP contribution in [0.2, 0.25) is 0 Å². The fourth-order valence-corrected chi connectivity index (χ4v) is 1.06. The van der Waals surface area contributed by atoms with E-state index in [0.29, 0.717) is 5.69 Å². The lowest BCUT2D eigenvalue weighted by atomic mass is 10.2. The maximum Gasteiger partial charge on any atom is 0.337 e. The highest BCUT2D eigenvalue weighted by Crippen LogP contribution is 2.08. The minimum absolute atomic E-state index is 0.0209. The number of carboxylic acid groups (broad SMARTS) is 1. The number of carboxylic acids is 1. The Hall–Kier alpha value is -1.95. The highest BCUT2D eigenvalue weighted by Gasteiger charge is 2.07. The van der Waals surface area contributed by atoms with Crippen LogP contribution >= 0.6 is 0 Å². The number of ether oxygens (including phenoxy) is 1. The molecule has 0 aliphatic heterocycles. The molecule has 0 saturated heterocycles. The van der Waals surface area contributed by atoms with Crippen LogP contribution in [0.15, 0.2) is 18.5 Å². The minimum atomic E-state index is -1.09. The van der Waals surface area contributed by atoms with E-state index in [1.807, 2.05) is 13.8 Å². The van der Waals surface area contributed by atoms with Gasteiger partial charge in [0.25, 0.3) is 0 Å². The van der Waals surface area contributed by atoms with Gasteiger partial charge < -0.3 is 15.2 Å².